The highest BCUT2D eigenvalue weighted by atomic mass is 16.2. The monoisotopic (exact) mass is 400 g/mol. The van der Waals surface area contributed by atoms with E-state index in [1.54, 1.807) is 42.9 Å². The van der Waals surface area contributed by atoms with Crippen LogP contribution in [-0.4, -0.2) is 57.6 Å². The molecule has 1 aromatic carbocycles. The van der Waals surface area contributed by atoms with Gasteiger partial charge in [-0.3, -0.25) is 20.1 Å². The molecule has 7 heteroatoms. The van der Waals surface area contributed by atoms with E-state index in [9.17, 15) is 4.79 Å². The van der Waals surface area contributed by atoms with Crippen LogP contribution < -0.4 is 5.73 Å². The molecule has 7 nitrogen and oxygen atoms in total. The van der Waals surface area contributed by atoms with E-state index in [2.05, 4.69) is 14.9 Å². The van der Waals surface area contributed by atoms with Crippen molar-refractivity contribution in [2.45, 2.75) is 6.54 Å². The summed E-state index contributed by atoms with van der Waals surface area (Å²) in [6.45, 7) is 3.82. The summed E-state index contributed by atoms with van der Waals surface area (Å²) in [5, 5.41) is 8.33. The number of piperazine rings is 1. The molecule has 4 rings (SSSR count). The molecule has 3 aromatic rings. The molecular formula is C23H24N6O. The average Bonchev–Trinajstić information content (AvgIpc) is 2.79. The van der Waals surface area contributed by atoms with Crippen molar-refractivity contribution in [1.29, 1.82) is 5.41 Å². The molecule has 1 aliphatic heterocycles. The lowest BCUT2D eigenvalue weighted by Crippen LogP contribution is -2.48. The quantitative estimate of drug-likeness (QED) is 0.641. The number of carbonyl (C=O) groups is 1. The minimum atomic E-state index is 0.0322. The van der Waals surface area contributed by atoms with Gasteiger partial charge in [0.15, 0.2) is 0 Å². The topological polar surface area (TPSA) is 99.2 Å². The molecule has 0 spiro atoms. The molecular weight excluding hydrogens is 376 g/mol. The molecule has 0 saturated carbocycles. The first-order chi connectivity index (χ1) is 14.6. The number of aromatic nitrogens is 2. The van der Waals surface area contributed by atoms with Gasteiger partial charge in [-0.25, -0.2) is 4.98 Å². The smallest absolute Gasteiger partial charge is 0.253 e. The lowest BCUT2D eigenvalue weighted by Gasteiger charge is -2.34. The Morgan fingerprint density at radius 3 is 2.20 bits per heavy atom. The van der Waals surface area contributed by atoms with E-state index in [0.29, 0.717) is 30.2 Å². The van der Waals surface area contributed by atoms with Gasteiger partial charge in [-0.2, -0.15) is 0 Å². The van der Waals surface area contributed by atoms with Gasteiger partial charge in [-0.05, 0) is 42.0 Å². The second kappa shape index (κ2) is 8.84. The first-order valence-corrected chi connectivity index (χ1v) is 9.91. The first kappa shape index (κ1) is 19.7. The van der Waals surface area contributed by atoms with Crippen LogP contribution in [0, 0.1) is 5.41 Å². The zero-order chi connectivity index (χ0) is 20.9. The molecule has 0 aliphatic carbocycles. The summed E-state index contributed by atoms with van der Waals surface area (Å²) in [6, 6.07) is 14.8. The normalized spacial score (nSPS) is 14.5. The molecule has 1 amide bonds. The second-order valence-corrected chi connectivity index (χ2v) is 7.35. The predicted molar refractivity (Wildman–Crippen MR) is 116 cm³/mol. The number of amides is 1. The van der Waals surface area contributed by atoms with Gasteiger partial charge in [0.2, 0.25) is 0 Å². The third-order valence-corrected chi connectivity index (χ3v) is 5.30. The van der Waals surface area contributed by atoms with Gasteiger partial charge in [0.05, 0.1) is 5.71 Å². The van der Waals surface area contributed by atoms with Gasteiger partial charge in [0.25, 0.3) is 5.91 Å². The largest absolute Gasteiger partial charge is 0.384 e. The summed E-state index contributed by atoms with van der Waals surface area (Å²) in [5.41, 5.74) is 9.53. The van der Waals surface area contributed by atoms with Crippen LogP contribution in [0.2, 0.25) is 0 Å². The summed E-state index contributed by atoms with van der Waals surface area (Å²) in [4.78, 5) is 25.1. The predicted octanol–water partition coefficient (Wildman–Crippen LogP) is 2.43. The first-order valence-electron chi connectivity index (χ1n) is 9.91. The van der Waals surface area contributed by atoms with Crippen LogP contribution in [0.25, 0.3) is 0 Å². The molecule has 0 unspecified atom stereocenters. The fraction of sp³-hybridized carbons (Fsp3) is 0.217. The number of carbonyl (C=O) groups excluding carboxylic acids is 1. The van der Waals surface area contributed by atoms with Crippen molar-refractivity contribution in [1.82, 2.24) is 19.8 Å². The van der Waals surface area contributed by atoms with Crippen LogP contribution in [0.15, 0.2) is 67.1 Å². The van der Waals surface area contributed by atoms with Crippen molar-refractivity contribution in [2.24, 2.45) is 0 Å². The number of benzene rings is 1. The Morgan fingerprint density at radius 2 is 1.53 bits per heavy atom. The zero-order valence-electron chi connectivity index (χ0n) is 16.7. The Hall–Kier alpha value is -3.58. The fourth-order valence-corrected chi connectivity index (χ4v) is 3.61. The van der Waals surface area contributed by atoms with Crippen molar-refractivity contribution in [2.75, 3.05) is 31.9 Å². The van der Waals surface area contributed by atoms with E-state index in [1.807, 2.05) is 29.2 Å². The van der Waals surface area contributed by atoms with Gasteiger partial charge in [-0.15, -0.1) is 0 Å². The maximum atomic E-state index is 12.9. The summed E-state index contributed by atoms with van der Waals surface area (Å²) < 4.78 is 0. The molecule has 3 heterocycles. The SMILES string of the molecule is N=C(c1ccncc1)c1ccc(C(=O)N2CCN(Cc3ccnc(N)c3)CC2)cc1. The lowest BCUT2D eigenvalue weighted by atomic mass is 10.0. The Labute approximate surface area is 175 Å². The Kier molecular flexibility index (Phi) is 5.81. The molecule has 30 heavy (non-hydrogen) atoms. The van der Waals surface area contributed by atoms with E-state index in [4.69, 9.17) is 11.1 Å². The van der Waals surface area contributed by atoms with Crippen LogP contribution in [0.3, 0.4) is 0 Å². The Bertz CT molecular complexity index is 1030. The zero-order valence-corrected chi connectivity index (χ0v) is 16.7. The van der Waals surface area contributed by atoms with E-state index in [0.717, 1.165) is 36.3 Å². The summed E-state index contributed by atoms with van der Waals surface area (Å²) >= 11 is 0. The molecule has 1 saturated heterocycles. The molecule has 1 aliphatic rings. The van der Waals surface area contributed by atoms with Crippen molar-refractivity contribution in [3.63, 3.8) is 0 Å². The second-order valence-electron chi connectivity index (χ2n) is 7.35. The van der Waals surface area contributed by atoms with Crippen molar-refractivity contribution < 1.29 is 4.79 Å². The number of nitrogens with zero attached hydrogens (tertiary/aromatic N) is 4. The Balaban J connectivity index is 1.34. The third kappa shape index (κ3) is 4.52. The van der Waals surface area contributed by atoms with Gasteiger partial charge in [-0.1, -0.05) is 12.1 Å². The van der Waals surface area contributed by atoms with Crippen molar-refractivity contribution >= 4 is 17.4 Å². The number of hydrogen-bond donors (Lipinski definition) is 2. The minimum Gasteiger partial charge on any atom is -0.384 e. The van der Waals surface area contributed by atoms with Crippen LogP contribution in [0.4, 0.5) is 5.82 Å². The van der Waals surface area contributed by atoms with Crippen LogP contribution >= 0.6 is 0 Å². The van der Waals surface area contributed by atoms with Gasteiger partial charge in [0.1, 0.15) is 5.82 Å². The molecule has 0 bridgehead atoms. The Morgan fingerprint density at radius 1 is 0.900 bits per heavy atom. The number of pyridine rings is 2. The number of hydrogen-bond acceptors (Lipinski definition) is 6. The average molecular weight is 400 g/mol. The highest BCUT2D eigenvalue weighted by Gasteiger charge is 2.22. The number of anilines is 1. The fourth-order valence-electron chi connectivity index (χ4n) is 3.61. The number of nitrogens with one attached hydrogen (secondary N) is 1. The molecule has 0 radical (unpaired) electrons. The van der Waals surface area contributed by atoms with Gasteiger partial charge >= 0.3 is 0 Å². The third-order valence-electron chi connectivity index (χ3n) is 5.30. The molecule has 152 valence electrons. The summed E-state index contributed by atoms with van der Waals surface area (Å²) in [5.74, 6) is 0.562. The van der Waals surface area contributed by atoms with Crippen LogP contribution in [-0.2, 0) is 6.54 Å². The highest BCUT2D eigenvalue weighted by molar-refractivity contribution is 6.11. The maximum absolute atomic E-state index is 12.9. The van der Waals surface area contributed by atoms with Crippen molar-refractivity contribution in [3.8, 4) is 0 Å². The van der Waals surface area contributed by atoms with E-state index < -0.39 is 0 Å². The van der Waals surface area contributed by atoms with E-state index in [1.165, 1.54) is 0 Å². The number of nitrogens with two attached hydrogens (primary N) is 1. The molecule has 3 N–H and O–H groups in total. The van der Waals surface area contributed by atoms with Gasteiger partial charge < -0.3 is 10.6 Å². The van der Waals surface area contributed by atoms with Gasteiger partial charge in [0, 0.05) is 68.0 Å². The molecule has 2 aromatic heterocycles. The standard InChI is InChI=1S/C23H24N6O/c24-21-15-17(5-10-27-21)16-28-11-13-29(14-12-28)23(30)20-3-1-18(2-4-20)22(25)19-6-8-26-9-7-19/h1-10,15,25H,11-14,16H2,(H2,24,27). The summed E-state index contributed by atoms with van der Waals surface area (Å²) in [6.07, 6.45) is 5.07. The maximum Gasteiger partial charge on any atom is 0.253 e. The molecule has 1 fully saturated rings. The summed E-state index contributed by atoms with van der Waals surface area (Å²) in [7, 11) is 0. The number of nitrogen functional groups attached to an aromatic ring is 1. The minimum absolute atomic E-state index is 0.0322. The lowest BCUT2D eigenvalue weighted by molar-refractivity contribution is 0.0628. The van der Waals surface area contributed by atoms with E-state index in [-0.39, 0.29) is 5.91 Å². The van der Waals surface area contributed by atoms with E-state index >= 15 is 0 Å². The molecule has 0 atom stereocenters. The highest BCUT2D eigenvalue weighted by Crippen LogP contribution is 2.15. The number of rotatable bonds is 5. The van der Waals surface area contributed by atoms with Crippen LogP contribution in [0.5, 0.6) is 0 Å². The van der Waals surface area contributed by atoms with Crippen molar-refractivity contribution in [3.05, 3.63) is 89.4 Å². The van der Waals surface area contributed by atoms with Crippen LogP contribution in [0.1, 0.15) is 27.0 Å².